The van der Waals surface area contributed by atoms with E-state index in [-0.39, 0.29) is 6.54 Å². The molecule has 0 spiro atoms. The Hall–Kier alpha value is -1.34. The number of aliphatic hydroxyl groups excluding tert-OH is 1. The first-order valence-electron chi connectivity index (χ1n) is 5.60. The second-order valence-corrected chi connectivity index (χ2v) is 4.00. The molecule has 1 atom stereocenters. The van der Waals surface area contributed by atoms with Gasteiger partial charge in [-0.2, -0.15) is 0 Å². The maximum atomic E-state index is 11.3. The van der Waals surface area contributed by atoms with Crippen molar-refractivity contribution in [3.05, 3.63) is 0 Å². The van der Waals surface area contributed by atoms with Crippen LogP contribution in [0, 0.1) is 5.92 Å². The predicted molar refractivity (Wildman–Crippen MR) is 58.6 cm³/mol. The van der Waals surface area contributed by atoms with Crippen LogP contribution in [0.5, 0.6) is 0 Å². The number of hydrogen-bond acceptors (Lipinski definition) is 4. The van der Waals surface area contributed by atoms with Gasteiger partial charge in [-0.15, -0.1) is 0 Å². The van der Waals surface area contributed by atoms with E-state index in [0.717, 1.165) is 12.8 Å². The van der Waals surface area contributed by atoms with Crippen LogP contribution in [0.15, 0.2) is 0 Å². The fourth-order valence-electron chi connectivity index (χ4n) is 1.53. The number of aliphatic hydroxyl groups is 1. The van der Waals surface area contributed by atoms with E-state index in [2.05, 4.69) is 10.6 Å². The summed E-state index contributed by atoms with van der Waals surface area (Å²) in [5.74, 6) is -0.950. The summed E-state index contributed by atoms with van der Waals surface area (Å²) in [6.45, 7) is 1.67. The number of nitrogens with one attached hydrogen (secondary N) is 2. The molecule has 0 aromatic heterocycles. The lowest BCUT2D eigenvalue weighted by Crippen LogP contribution is -2.43. The molecule has 0 bridgehead atoms. The Labute approximate surface area is 99.1 Å². The van der Waals surface area contributed by atoms with E-state index < -0.39 is 18.1 Å². The van der Waals surface area contributed by atoms with E-state index in [0.29, 0.717) is 25.7 Å². The topological polar surface area (TPSA) is 108 Å². The molecule has 1 aliphatic heterocycles. The number of hydrogen-bond donors (Lipinski definition) is 4. The first kappa shape index (κ1) is 13.7. The maximum absolute atomic E-state index is 11.3. The van der Waals surface area contributed by atoms with Crippen molar-refractivity contribution in [1.82, 2.24) is 10.6 Å². The Morgan fingerprint density at radius 1 is 1.29 bits per heavy atom. The molecule has 0 unspecified atom stereocenters. The molecule has 0 radical (unpaired) electrons. The van der Waals surface area contributed by atoms with Crippen LogP contribution in [0.2, 0.25) is 0 Å². The van der Waals surface area contributed by atoms with Crippen molar-refractivity contribution in [2.45, 2.75) is 18.9 Å². The summed E-state index contributed by atoms with van der Waals surface area (Å²) >= 11 is 0. The Bertz CT molecular complexity index is 265. The van der Waals surface area contributed by atoms with Gasteiger partial charge in [-0.1, -0.05) is 0 Å². The van der Waals surface area contributed by atoms with Crippen molar-refractivity contribution in [1.29, 1.82) is 0 Å². The molecule has 0 aliphatic carbocycles. The molecule has 1 aliphatic rings. The number of rotatable bonds is 5. The van der Waals surface area contributed by atoms with E-state index in [4.69, 9.17) is 14.9 Å². The van der Waals surface area contributed by atoms with Gasteiger partial charge < -0.3 is 25.6 Å². The Morgan fingerprint density at radius 3 is 2.53 bits per heavy atom. The summed E-state index contributed by atoms with van der Waals surface area (Å²) < 4.78 is 5.19. The Balaban J connectivity index is 2.10. The molecule has 0 aromatic carbocycles. The average Bonchev–Trinajstić information content (AvgIpc) is 2.34. The number of carbonyl (C=O) groups excluding carboxylic acids is 1. The molecule has 7 nitrogen and oxygen atoms in total. The lowest BCUT2D eigenvalue weighted by molar-refractivity contribution is -0.146. The molecule has 1 fully saturated rings. The lowest BCUT2D eigenvalue weighted by Gasteiger charge is -2.22. The number of amides is 2. The van der Waals surface area contributed by atoms with Crippen molar-refractivity contribution in [3.63, 3.8) is 0 Å². The molecule has 0 aromatic rings. The first-order valence-corrected chi connectivity index (χ1v) is 5.60. The standard InChI is InChI=1S/C10H18N2O5/c13-8(9(14)15)6-12-10(16)11-5-7-1-3-17-4-2-7/h7-8,13H,1-6H2,(H,14,15)(H2,11,12,16)/t8-/m0/s1. The second kappa shape index (κ2) is 7.08. The van der Waals surface area contributed by atoms with Crippen LogP contribution in [0.4, 0.5) is 4.79 Å². The van der Waals surface area contributed by atoms with Crippen LogP contribution in [0.25, 0.3) is 0 Å². The number of aliphatic carboxylic acids is 1. The van der Waals surface area contributed by atoms with E-state index in [1.54, 1.807) is 0 Å². The Morgan fingerprint density at radius 2 is 1.94 bits per heavy atom. The minimum absolute atomic E-state index is 0.297. The zero-order valence-corrected chi connectivity index (χ0v) is 9.52. The first-order chi connectivity index (χ1) is 8.09. The minimum atomic E-state index is -1.57. The van der Waals surface area contributed by atoms with Gasteiger partial charge in [-0.25, -0.2) is 9.59 Å². The molecular formula is C10H18N2O5. The van der Waals surface area contributed by atoms with Crippen LogP contribution >= 0.6 is 0 Å². The smallest absolute Gasteiger partial charge is 0.334 e. The van der Waals surface area contributed by atoms with Gasteiger partial charge >= 0.3 is 12.0 Å². The van der Waals surface area contributed by atoms with E-state index in [1.165, 1.54) is 0 Å². The van der Waals surface area contributed by atoms with Crippen molar-refractivity contribution >= 4 is 12.0 Å². The van der Waals surface area contributed by atoms with Crippen molar-refractivity contribution in [3.8, 4) is 0 Å². The zero-order chi connectivity index (χ0) is 12.7. The molecule has 0 saturated carbocycles. The normalized spacial score (nSPS) is 18.4. The lowest BCUT2D eigenvalue weighted by atomic mass is 10.0. The second-order valence-electron chi connectivity index (χ2n) is 4.00. The SMILES string of the molecule is O=C(NCC1CCOCC1)NC[C@H](O)C(=O)O. The minimum Gasteiger partial charge on any atom is -0.479 e. The van der Waals surface area contributed by atoms with E-state index in [9.17, 15) is 9.59 Å². The van der Waals surface area contributed by atoms with Crippen molar-refractivity contribution in [2.75, 3.05) is 26.3 Å². The number of urea groups is 1. The quantitative estimate of drug-likeness (QED) is 0.506. The Kier molecular flexibility index (Phi) is 5.71. The number of carbonyl (C=O) groups is 2. The van der Waals surface area contributed by atoms with Gasteiger partial charge in [0.05, 0.1) is 6.54 Å². The highest BCUT2D eigenvalue weighted by molar-refractivity contribution is 5.76. The summed E-state index contributed by atoms with van der Waals surface area (Å²) in [5, 5.41) is 22.3. The highest BCUT2D eigenvalue weighted by Gasteiger charge is 2.16. The number of carboxylic acids is 1. The molecule has 98 valence electrons. The summed E-state index contributed by atoms with van der Waals surface area (Å²) in [5.41, 5.74) is 0. The summed E-state index contributed by atoms with van der Waals surface area (Å²) in [6.07, 6.45) is 0.264. The van der Waals surface area contributed by atoms with Crippen LogP contribution in [-0.4, -0.2) is 54.6 Å². The van der Waals surface area contributed by atoms with Gasteiger partial charge in [0.2, 0.25) is 0 Å². The molecular weight excluding hydrogens is 228 g/mol. The molecule has 2 amide bonds. The van der Waals surface area contributed by atoms with Crippen LogP contribution < -0.4 is 10.6 Å². The molecule has 1 heterocycles. The van der Waals surface area contributed by atoms with Gasteiger partial charge in [0.15, 0.2) is 6.10 Å². The van der Waals surface area contributed by atoms with Gasteiger partial charge in [-0.3, -0.25) is 0 Å². The molecule has 4 N–H and O–H groups in total. The predicted octanol–water partition coefficient (Wildman–Crippen LogP) is -0.842. The van der Waals surface area contributed by atoms with Crippen LogP contribution in [-0.2, 0) is 9.53 Å². The molecule has 1 rings (SSSR count). The molecule has 17 heavy (non-hydrogen) atoms. The molecule has 1 saturated heterocycles. The average molecular weight is 246 g/mol. The van der Waals surface area contributed by atoms with Crippen LogP contribution in [0.1, 0.15) is 12.8 Å². The monoisotopic (exact) mass is 246 g/mol. The van der Waals surface area contributed by atoms with Gasteiger partial charge in [0, 0.05) is 19.8 Å². The van der Waals surface area contributed by atoms with Crippen molar-refractivity contribution in [2.24, 2.45) is 5.92 Å². The highest BCUT2D eigenvalue weighted by Crippen LogP contribution is 2.12. The summed E-state index contributed by atoms with van der Waals surface area (Å²) in [4.78, 5) is 21.5. The van der Waals surface area contributed by atoms with E-state index in [1.807, 2.05) is 0 Å². The largest absolute Gasteiger partial charge is 0.479 e. The fraction of sp³-hybridized carbons (Fsp3) is 0.800. The van der Waals surface area contributed by atoms with Crippen LogP contribution in [0.3, 0.4) is 0 Å². The third-order valence-electron chi connectivity index (χ3n) is 2.63. The van der Waals surface area contributed by atoms with Crippen molar-refractivity contribution < 1.29 is 24.5 Å². The number of ether oxygens (including phenoxy) is 1. The highest BCUT2D eigenvalue weighted by atomic mass is 16.5. The third kappa shape index (κ3) is 5.50. The van der Waals surface area contributed by atoms with E-state index >= 15 is 0 Å². The summed E-state index contributed by atoms with van der Waals surface area (Å²) in [6, 6.07) is -0.461. The van der Waals surface area contributed by atoms with Gasteiger partial charge in [0.25, 0.3) is 0 Å². The maximum Gasteiger partial charge on any atom is 0.334 e. The van der Waals surface area contributed by atoms with Gasteiger partial charge in [0.1, 0.15) is 0 Å². The zero-order valence-electron chi connectivity index (χ0n) is 9.52. The molecule has 7 heteroatoms. The fourth-order valence-corrected chi connectivity index (χ4v) is 1.53. The number of carboxylic acid groups (broad SMARTS) is 1. The van der Waals surface area contributed by atoms with Gasteiger partial charge in [-0.05, 0) is 18.8 Å². The summed E-state index contributed by atoms with van der Waals surface area (Å²) in [7, 11) is 0. The third-order valence-corrected chi connectivity index (χ3v) is 2.63.